The van der Waals surface area contributed by atoms with Crippen LogP contribution in [-0.4, -0.2) is 25.2 Å². The highest BCUT2D eigenvalue weighted by Crippen LogP contribution is 2.20. The second-order valence-corrected chi connectivity index (χ2v) is 6.30. The minimum atomic E-state index is -0.122. The Morgan fingerprint density at radius 2 is 1.62 bits per heavy atom. The van der Waals surface area contributed by atoms with Gasteiger partial charge in [0, 0.05) is 5.56 Å². The molecule has 0 aromatic heterocycles. The van der Waals surface area contributed by atoms with Crippen LogP contribution in [0.1, 0.15) is 24.2 Å². The summed E-state index contributed by atoms with van der Waals surface area (Å²) < 4.78 is 11.3. The van der Waals surface area contributed by atoms with Gasteiger partial charge in [0.15, 0.2) is 0 Å². The molecule has 1 N–H and O–H groups in total. The molecular formula is C22H23NO3. The summed E-state index contributed by atoms with van der Waals surface area (Å²) in [7, 11) is 0. The van der Waals surface area contributed by atoms with Crippen molar-refractivity contribution in [3.63, 3.8) is 0 Å². The first-order chi connectivity index (χ1) is 12.6. The molecule has 0 bridgehead atoms. The zero-order chi connectivity index (χ0) is 18.4. The first-order valence-corrected chi connectivity index (χ1v) is 8.78. The predicted octanol–water partition coefficient (Wildman–Crippen LogP) is 4.44. The van der Waals surface area contributed by atoms with Crippen LogP contribution >= 0.6 is 0 Å². The van der Waals surface area contributed by atoms with E-state index in [0.29, 0.717) is 18.7 Å². The molecule has 0 spiro atoms. The molecule has 0 aliphatic rings. The number of ether oxygens (including phenoxy) is 2. The van der Waals surface area contributed by atoms with Crippen LogP contribution in [0.15, 0.2) is 66.7 Å². The van der Waals surface area contributed by atoms with E-state index in [4.69, 9.17) is 9.47 Å². The van der Waals surface area contributed by atoms with E-state index >= 15 is 0 Å². The van der Waals surface area contributed by atoms with Crippen molar-refractivity contribution in [3.8, 4) is 11.5 Å². The lowest BCUT2D eigenvalue weighted by molar-refractivity contribution is 0.0947. The molecule has 0 atom stereocenters. The lowest BCUT2D eigenvalue weighted by Gasteiger charge is -2.11. The van der Waals surface area contributed by atoms with E-state index in [1.54, 1.807) is 24.3 Å². The Labute approximate surface area is 153 Å². The van der Waals surface area contributed by atoms with Gasteiger partial charge in [-0.1, -0.05) is 30.3 Å². The molecule has 0 radical (unpaired) electrons. The van der Waals surface area contributed by atoms with Gasteiger partial charge in [-0.3, -0.25) is 4.79 Å². The van der Waals surface area contributed by atoms with Gasteiger partial charge < -0.3 is 14.8 Å². The molecule has 0 aliphatic carbocycles. The molecule has 1 amide bonds. The zero-order valence-corrected chi connectivity index (χ0v) is 15.1. The van der Waals surface area contributed by atoms with Gasteiger partial charge >= 0.3 is 0 Å². The highest BCUT2D eigenvalue weighted by Gasteiger charge is 2.06. The van der Waals surface area contributed by atoms with Crippen molar-refractivity contribution in [1.82, 2.24) is 5.32 Å². The Bertz CT molecular complexity index is 872. The summed E-state index contributed by atoms with van der Waals surface area (Å²) >= 11 is 0. The number of carbonyl (C=O) groups excluding carboxylic acids is 1. The van der Waals surface area contributed by atoms with Crippen LogP contribution in [0.4, 0.5) is 0 Å². The zero-order valence-electron chi connectivity index (χ0n) is 15.1. The molecule has 26 heavy (non-hydrogen) atoms. The number of nitrogens with one attached hydrogen (secondary N) is 1. The van der Waals surface area contributed by atoms with E-state index in [1.165, 1.54) is 5.39 Å². The molecule has 0 unspecified atom stereocenters. The fraction of sp³-hybridized carbons (Fsp3) is 0.227. The molecule has 4 nitrogen and oxygen atoms in total. The first-order valence-electron chi connectivity index (χ1n) is 8.78. The highest BCUT2D eigenvalue weighted by atomic mass is 16.5. The Kier molecular flexibility index (Phi) is 5.74. The maximum absolute atomic E-state index is 12.2. The third kappa shape index (κ3) is 4.76. The van der Waals surface area contributed by atoms with Crippen molar-refractivity contribution < 1.29 is 14.3 Å². The summed E-state index contributed by atoms with van der Waals surface area (Å²) in [6, 6.07) is 21.2. The van der Waals surface area contributed by atoms with Crippen LogP contribution in [0.3, 0.4) is 0 Å². The first kappa shape index (κ1) is 17.8. The molecule has 0 aliphatic heterocycles. The molecule has 3 aromatic rings. The van der Waals surface area contributed by atoms with Gasteiger partial charge in [-0.05, 0) is 61.0 Å². The Morgan fingerprint density at radius 3 is 2.35 bits per heavy atom. The average molecular weight is 349 g/mol. The highest BCUT2D eigenvalue weighted by molar-refractivity contribution is 5.94. The molecular weight excluding hydrogens is 326 g/mol. The molecule has 0 saturated carbocycles. The number of fused-ring (bicyclic) bond motifs is 1. The molecule has 0 fully saturated rings. The minimum Gasteiger partial charge on any atom is -0.492 e. The summed E-state index contributed by atoms with van der Waals surface area (Å²) in [6.45, 7) is 4.79. The topological polar surface area (TPSA) is 47.6 Å². The van der Waals surface area contributed by atoms with E-state index in [1.807, 2.05) is 44.2 Å². The van der Waals surface area contributed by atoms with E-state index in [0.717, 1.165) is 16.9 Å². The maximum atomic E-state index is 12.2. The van der Waals surface area contributed by atoms with E-state index < -0.39 is 0 Å². The van der Waals surface area contributed by atoms with E-state index in [9.17, 15) is 4.79 Å². The van der Waals surface area contributed by atoms with Crippen LogP contribution < -0.4 is 14.8 Å². The van der Waals surface area contributed by atoms with Crippen molar-refractivity contribution in [2.45, 2.75) is 20.0 Å². The van der Waals surface area contributed by atoms with Gasteiger partial charge in [-0.25, -0.2) is 0 Å². The summed E-state index contributed by atoms with van der Waals surface area (Å²) in [5.41, 5.74) is 0.604. The second kappa shape index (κ2) is 8.39. The van der Waals surface area contributed by atoms with Crippen LogP contribution in [-0.2, 0) is 0 Å². The fourth-order valence-corrected chi connectivity index (χ4v) is 2.65. The molecule has 134 valence electrons. The smallest absolute Gasteiger partial charge is 0.251 e. The third-order valence-electron chi connectivity index (χ3n) is 3.87. The van der Waals surface area contributed by atoms with Crippen molar-refractivity contribution in [3.05, 3.63) is 72.3 Å². The number of hydrogen-bond acceptors (Lipinski definition) is 3. The monoisotopic (exact) mass is 349 g/mol. The Balaban J connectivity index is 1.47. The van der Waals surface area contributed by atoms with E-state index in [2.05, 4.69) is 17.4 Å². The summed E-state index contributed by atoms with van der Waals surface area (Å²) in [6.07, 6.45) is 0.113. The van der Waals surface area contributed by atoms with Gasteiger partial charge in [0.05, 0.1) is 12.6 Å². The number of carbonyl (C=O) groups is 1. The normalized spacial score (nSPS) is 10.7. The molecule has 4 heteroatoms. The van der Waals surface area contributed by atoms with Crippen LogP contribution in [0.5, 0.6) is 11.5 Å². The quantitative estimate of drug-likeness (QED) is 0.642. The van der Waals surface area contributed by atoms with Crippen LogP contribution in [0, 0.1) is 0 Å². The number of rotatable bonds is 7. The Hall–Kier alpha value is -3.01. The van der Waals surface area contributed by atoms with Gasteiger partial charge in [-0.15, -0.1) is 0 Å². The lowest BCUT2D eigenvalue weighted by atomic mass is 10.1. The number of hydrogen-bond donors (Lipinski definition) is 1. The fourth-order valence-electron chi connectivity index (χ4n) is 2.65. The van der Waals surface area contributed by atoms with Crippen molar-refractivity contribution in [2.75, 3.05) is 13.2 Å². The van der Waals surface area contributed by atoms with Gasteiger partial charge in [0.2, 0.25) is 0 Å². The largest absolute Gasteiger partial charge is 0.492 e. The number of benzene rings is 3. The molecule has 0 saturated heterocycles. The molecule has 3 aromatic carbocycles. The third-order valence-corrected chi connectivity index (χ3v) is 3.87. The van der Waals surface area contributed by atoms with Gasteiger partial charge in [0.25, 0.3) is 5.91 Å². The summed E-state index contributed by atoms with van der Waals surface area (Å²) in [4.78, 5) is 12.2. The van der Waals surface area contributed by atoms with Gasteiger partial charge in [0.1, 0.15) is 18.1 Å². The van der Waals surface area contributed by atoms with Gasteiger partial charge in [-0.2, -0.15) is 0 Å². The average Bonchev–Trinajstić information content (AvgIpc) is 2.65. The van der Waals surface area contributed by atoms with Crippen LogP contribution in [0.25, 0.3) is 10.8 Å². The SMILES string of the molecule is CC(C)Oc1ccc(C(=O)NCCOc2ccc3ccccc3c2)cc1. The lowest BCUT2D eigenvalue weighted by Crippen LogP contribution is -2.28. The van der Waals surface area contributed by atoms with Crippen molar-refractivity contribution >= 4 is 16.7 Å². The summed E-state index contributed by atoms with van der Waals surface area (Å²) in [5, 5.41) is 5.18. The van der Waals surface area contributed by atoms with Crippen molar-refractivity contribution in [2.24, 2.45) is 0 Å². The number of amides is 1. The van der Waals surface area contributed by atoms with Crippen molar-refractivity contribution in [1.29, 1.82) is 0 Å². The minimum absolute atomic E-state index is 0.113. The predicted molar refractivity (Wildman–Crippen MR) is 104 cm³/mol. The maximum Gasteiger partial charge on any atom is 0.251 e. The second-order valence-electron chi connectivity index (χ2n) is 6.30. The van der Waals surface area contributed by atoms with Crippen LogP contribution in [0.2, 0.25) is 0 Å². The molecule has 0 heterocycles. The van der Waals surface area contributed by atoms with E-state index in [-0.39, 0.29) is 12.0 Å². The Morgan fingerprint density at radius 1 is 0.923 bits per heavy atom. The summed E-state index contributed by atoms with van der Waals surface area (Å²) in [5.74, 6) is 1.44. The molecule has 3 rings (SSSR count). The standard InChI is InChI=1S/C22H23NO3/c1-16(2)26-20-10-8-18(9-11-20)22(24)23-13-14-25-21-12-7-17-5-3-4-6-19(17)15-21/h3-12,15-16H,13-14H2,1-2H3,(H,23,24).